The van der Waals surface area contributed by atoms with Crippen LogP contribution in [0.25, 0.3) is 0 Å². The maximum atomic E-state index is 11.7. The lowest BCUT2D eigenvalue weighted by atomic mass is 10.1. The Morgan fingerprint density at radius 2 is 2.37 bits per heavy atom. The van der Waals surface area contributed by atoms with E-state index in [-0.39, 0.29) is 5.91 Å². The first kappa shape index (κ1) is 12.3. The molecule has 1 saturated carbocycles. The third-order valence-corrected chi connectivity index (χ3v) is 4.04. The molecule has 1 aromatic rings. The Kier molecular flexibility index (Phi) is 3.09. The van der Waals surface area contributed by atoms with Crippen LogP contribution in [-0.2, 0) is 0 Å². The van der Waals surface area contributed by atoms with Crippen molar-refractivity contribution in [1.82, 2.24) is 0 Å². The van der Waals surface area contributed by atoms with Gasteiger partial charge in [-0.15, -0.1) is 0 Å². The molecule has 2 aliphatic rings. The highest BCUT2D eigenvalue weighted by Crippen LogP contribution is 2.49. The summed E-state index contributed by atoms with van der Waals surface area (Å²) in [5.74, 6) is 1.23. The summed E-state index contributed by atoms with van der Waals surface area (Å²) >= 11 is 0. The predicted molar refractivity (Wildman–Crippen MR) is 74.6 cm³/mol. The zero-order chi connectivity index (χ0) is 13.4. The molecule has 19 heavy (non-hydrogen) atoms. The van der Waals surface area contributed by atoms with Crippen LogP contribution < -0.4 is 15.4 Å². The number of primary amides is 1. The molecule has 2 fully saturated rings. The lowest BCUT2D eigenvalue weighted by Crippen LogP contribution is -2.27. The summed E-state index contributed by atoms with van der Waals surface area (Å²) in [6, 6.07) is 6.17. The molecule has 102 valence electrons. The van der Waals surface area contributed by atoms with Crippen molar-refractivity contribution < 1.29 is 9.53 Å². The number of ether oxygens (including phenoxy) is 1. The summed E-state index contributed by atoms with van der Waals surface area (Å²) in [6.45, 7) is 3.74. The van der Waals surface area contributed by atoms with Gasteiger partial charge in [-0.3, -0.25) is 4.79 Å². The fraction of sp³-hybridized carbons (Fsp3) is 0.533. The second-order valence-electron chi connectivity index (χ2n) is 5.41. The molecule has 1 aromatic carbocycles. The third kappa shape index (κ3) is 2.15. The molecule has 1 aliphatic carbocycles. The molecule has 0 radical (unpaired) electrons. The third-order valence-electron chi connectivity index (χ3n) is 4.04. The number of hydrogen-bond acceptors (Lipinski definition) is 3. The van der Waals surface area contributed by atoms with Crippen LogP contribution >= 0.6 is 0 Å². The van der Waals surface area contributed by atoms with Crippen LogP contribution in [-0.4, -0.2) is 25.1 Å². The molecule has 1 saturated heterocycles. The first-order chi connectivity index (χ1) is 9.22. The van der Waals surface area contributed by atoms with Crippen LogP contribution in [0.1, 0.15) is 36.5 Å². The van der Waals surface area contributed by atoms with Crippen molar-refractivity contribution in [2.24, 2.45) is 11.7 Å². The molecular formula is C15H20N2O2. The van der Waals surface area contributed by atoms with E-state index in [2.05, 4.69) is 11.8 Å². The number of nitrogens with two attached hydrogens (primary N) is 1. The van der Waals surface area contributed by atoms with Crippen molar-refractivity contribution in [1.29, 1.82) is 0 Å². The van der Waals surface area contributed by atoms with E-state index in [1.807, 2.05) is 12.1 Å². The Balaban J connectivity index is 1.99. The SMILES string of the molecule is CCCOc1cccc(C(N)=O)c1N1CCC2CC21. The summed E-state index contributed by atoms with van der Waals surface area (Å²) < 4.78 is 5.81. The minimum absolute atomic E-state index is 0.374. The lowest BCUT2D eigenvalue weighted by molar-refractivity contribution is 0.100. The van der Waals surface area contributed by atoms with Crippen LogP contribution in [0.2, 0.25) is 0 Å². The van der Waals surface area contributed by atoms with Gasteiger partial charge in [0.1, 0.15) is 5.75 Å². The van der Waals surface area contributed by atoms with Crippen molar-refractivity contribution in [3.05, 3.63) is 23.8 Å². The molecule has 2 unspecified atom stereocenters. The number of fused-ring (bicyclic) bond motifs is 1. The van der Waals surface area contributed by atoms with Crippen LogP contribution in [0.4, 0.5) is 5.69 Å². The molecule has 1 amide bonds. The first-order valence-corrected chi connectivity index (χ1v) is 7.04. The van der Waals surface area contributed by atoms with Gasteiger partial charge in [0.2, 0.25) is 0 Å². The van der Waals surface area contributed by atoms with Gasteiger partial charge >= 0.3 is 0 Å². The van der Waals surface area contributed by atoms with Gasteiger partial charge in [-0.25, -0.2) is 0 Å². The van der Waals surface area contributed by atoms with Crippen LogP contribution in [0.5, 0.6) is 5.75 Å². The Morgan fingerprint density at radius 3 is 2.95 bits per heavy atom. The number of amides is 1. The smallest absolute Gasteiger partial charge is 0.250 e. The maximum absolute atomic E-state index is 11.7. The zero-order valence-electron chi connectivity index (χ0n) is 11.3. The Hall–Kier alpha value is -1.71. The summed E-state index contributed by atoms with van der Waals surface area (Å²) in [7, 11) is 0. The standard InChI is InChI=1S/C15H20N2O2/c1-2-8-19-13-5-3-4-11(15(16)18)14(13)17-7-6-10-9-12(10)17/h3-5,10,12H,2,6-9H2,1H3,(H2,16,18). The van der Waals surface area contributed by atoms with Crippen molar-refractivity contribution >= 4 is 11.6 Å². The van der Waals surface area contributed by atoms with E-state index in [1.165, 1.54) is 12.8 Å². The molecule has 0 spiro atoms. The molecule has 1 aliphatic heterocycles. The summed E-state index contributed by atoms with van der Waals surface area (Å²) in [6.07, 6.45) is 3.40. The maximum Gasteiger partial charge on any atom is 0.250 e. The van der Waals surface area contributed by atoms with E-state index in [4.69, 9.17) is 10.5 Å². The normalized spacial score (nSPS) is 24.2. The van der Waals surface area contributed by atoms with E-state index in [1.54, 1.807) is 6.07 Å². The molecule has 2 N–H and O–H groups in total. The van der Waals surface area contributed by atoms with Gasteiger partial charge in [0.25, 0.3) is 5.91 Å². The van der Waals surface area contributed by atoms with E-state index < -0.39 is 0 Å². The highest BCUT2D eigenvalue weighted by atomic mass is 16.5. The summed E-state index contributed by atoms with van der Waals surface area (Å²) in [5, 5.41) is 0. The Labute approximate surface area is 113 Å². The van der Waals surface area contributed by atoms with E-state index in [0.717, 1.165) is 30.3 Å². The van der Waals surface area contributed by atoms with E-state index in [9.17, 15) is 4.79 Å². The van der Waals surface area contributed by atoms with Gasteiger partial charge in [-0.05, 0) is 37.3 Å². The van der Waals surface area contributed by atoms with Crippen molar-refractivity contribution in [2.75, 3.05) is 18.1 Å². The minimum Gasteiger partial charge on any atom is -0.491 e. The van der Waals surface area contributed by atoms with Gasteiger partial charge < -0.3 is 15.4 Å². The second-order valence-corrected chi connectivity index (χ2v) is 5.41. The number of anilines is 1. The highest BCUT2D eigenvalue weighted by molar-refractivity contribution is 6.00. The van der Waals surface area contributed by atoms with Crippen LogP contribution in [0.3, 0.4) is 0 Å². The second kappa shape index (κ2) is 4.76. The average molecular weight is 260 g/mol. The number of para-hydroxylation sites is 1. The number of carbonyl (C=O) groups excluding carboxylic acids is 1. The number of carbonyl (C=O) groups is 1. The average Bonchev–Trinajstić information content (AvgIpc) is 3.08. The van der Waals surface area contributed by atoms with Gasteiger partial charge in [-0.1, -0.05) is 13.0 Å². The topological polar surface area (TPSA) is 55.6 Å². The molecule has 0 aromatic heterocycles. The zero-order valence-corrected chi connectivity index (χ0v) is 11.3. The molecule has 4 heteroatoms. The number of hydrogen-bond donors (Lipinski definition) is 1. The summed E-state index contributed by atoms with van der Waals surface area (Å²) in [4.78, 5) is 14.0. The largest absolute Gasteiger partial charge is 0.491 e. The highest BCUT2D eigenvalue weighted by Gasteiger charge is 2.48. The Morgan fingerprint density at radius 1 is 1.53 bits per heavy atom. The Bertz CT molecular complexity index is 501. The monoisotopic (exact) mass is 260 g/mol. The molecule has 1 heterocycles. The van der Waals surface area contributed by atoms with Crippen LogP contribution in [0, 0.1) is 5.92 Å². The quantitative estimate of drug-likeness (QED) is 0.882. The van der Waals surface area contributed by atoms with Gasteiger partial charge in [0, 0.05) is 12.6 Å². The van der Waals surface area contributed by atoms with Crippen molar-refractivity contribution in [2.45, 2.75) is 32.2 Å². The fourth-order valence-electron chi connectivity index (χ4n) is 3.02. The van der Waals surface area contributed by atoms with Crippen molar-refractivity contribution in [3.8, 4) is 5.75 Å². The van der Waals surface area contributed by atoms with E-state index in [0.29, 0.717) is 18.2 Å². The predicted octanol–water partition coefficient (Wildman–Crippen LogP) is 2.17. The van der Waals surface area contributed by atoms with Crippen LogP contribution in [0.15, 0.2) is 18.2 Å². The minimum atomic E-state index is -0.374. The molecule has 2 atom stereocenters. The van der Waals surface area contributed by atoms with E-state index >= 15 is 0 Å². The first-order valence-electron chi connectivity index (χ1n) is 7.04. The van der Waals surface area contributed by atoms with Gasteiger partial charge in [0.05, 0.1) is 17.9 Å². The number of nitrogens with zero attached hydrogens (tertiary/aromatic N) is 1. The van der Waals surface area contributed by atoms with Crippen molar-refractivity contribution in [3.63, 3.8) is 0 Å². The van der Waals surface area contributed by atoms with Gasteiger partial charge in [0.15, 0.2) is 0 Å². The molecule has 0 bridgehead atoms. The summed E-state index contributed by atoms with van der Waals surface area (Å²) in [5.41, 5.74) is 7.01. The fourth-order valence-corrected chi connectivity index (χ4v) is 3.02. The molecular weight excluding hydrogens is 240 g/mol. The number of benzene rings is 1. The lowest BCUT2D eigenvalue weighted by Gasteiger charge is -2.25. The molecule has 4 nitrogen and oxygen atoms in total. The number of rotatable bonds is 5. The number of piperidine rings is 1. The molecule has 3 rings (SSSR count). The van der Waals surface area contributed by atoms with Gasteiger partial charge in [-0.2, -0.15) is 0 Å².